The molecule has 156 valence electrons. The van der Waals surface area contributed by atoms with E-state index in [9.17, 15) is 4.79 Å². The molecule has 0 bridgehead atoms. The zero-order valence-electron chi connectivity index (χ0n) is 18.1. The standard InChI is InChI=1S/C24H32N2O3/c1-6-7-8-13-28-21-9-11-22(12-10-21)29-20(5)24(27)26-25-16-23-18(3)14-17(2)15-19(23)4/h9-12,14-16,20H,6-8,13H2,1-5H3,(H,26,27). The number of unbranched alkanes of at least 4 members (excludes halogenated alkanes) is 2. The molecule has 0 saturated heterocycles. The van der Waals surface area contributed by atoms with Crippen LogP contribution in [0.3, 0.4) is 0 Å². The number of rotatable bonds is 10. The summed E-state index contributed by atoms with van der Waals surface area (Å²) in [5.41, 5.74) is 7.03. The average molecular weight is 397 g/mol. The van der Waals surface area contributed by atoms with Crippen LogP contribution in [-0.2, 0) is 4.79 Å². The molecule has 0 saturated carbocycles. The SMILES string of the molecule is CCCCCOc1ccc(OC(C)C(=O)NN=Cc2c(C)cc(C)cc2C)cc1. The molecule has 5 nitrogen and oxygen atoms in total. The van der Waals surface area contributed by atoms with E-state index in [1.54, 1.807) is 25.3 Å². The maximum Gasteiger partial charge on any atom is 0.280 e. The number of hydrogen-bond acceptors (Lipinski definition) is 4. The Bertz CT molecular complexity index is 806. The fraction of sp³-hybridized carbons (Fsp3) is 0.417. The van der Waals surface area contributed by atoms with E-state index in [4.69, 9.17) is 9.47 Å². The summed E-state index contributed by atoms with van der Waals surface area (Å²) in [6.07, 6.45) is 4.40. The molecule has 1 atom stereocenters. The van der Waals surface area contributed by atoms with Crippen LogP contribution in [0.25, 0.3) is 0 Å². The van der Waals surface area contributed by atoms with Gasteiger partial charge in [-0.15, -0.1) is 0 Å². The lowest BCUT2D eigenvalue weighted by atomic mass is 10.0. The number of hydrazone groups is 1. The third-order valence-electron chi connectivity index (χ3n) is 4.63. The molecule has 0 aromatic heterocycles. The highest BCUT2D eigenvalue weighted by molar-refractivity contribution is 5.86. The van der Waals surface area contributed by atoms with Crippen LogP contribution in [0.2, 0.25) is 0 Å². The van der Waals surface area contributed by atoms with Gasteiger partial charge in [-0.2, -0.15) is 5.10 Å². The van der Waals surface area contributed by atoms with Gasteiger partial charge in [-0.05, 0) is 69.5 Å². The Morgan fingerprint density at radius 1 is 1.07 bits per heavy atom. The van der Waals surface area contributed by atoms with E-state index < -0.39 is 6.10 Å². The van der Waals surface area contributed by atoms with E-state index in [-0.39, 0.29) is 5.91 Å². The minimum atomic E-state index is -0.663. The average Bonchev–Trinajstić information content (AvgIpc) is 2.68. The molecule has 2 aromatic rings. The Hall–Kier alpha value is -2.82. The number of hydrogen-bond donors (Lipinski definition) is 1. The second kappa shape index (κ2) is 11.2. The number of amides is 1. The number of nitrogens with zero attached hydrogens (tertiary/aromatic N) is 1. The van der Waals surface area contributed by atoms with Crippen molar-refractivity contribution in [3.05, 3.63) is 58.7 Å². The van der Waals surface area contributed by atoms with Crippen LogP contribution in [0, 0.1) is 20.8 Å². The molecular weight excluding hydrogens is 364 g/mol. The lowest BCUT2D eigenvalue weighted by Crippen LogP contribution is -2.33. The van der Waals surface area contributed by atoms with Crippen molar-refractivity contribution < 1.29 is 14.3 Å². The molecule has 0 heterocycles. The van der Waals surface area contributed by atoms with Gasteiger partial charge in [0.15, 0.2) is 6.10 Å². The van der Waals surface area contributed by atoms with Crippen molar-refractivity contribution in [2.45, 2.75) is 60.0 Å². The molecule has 2 rings (SSSR count). The van der Waals surface area contributed by atoms with Crippen LogP contribution in [0.15, 0.2) is 41.5 Å². The normalized spacial score (nSPS) is 12.0. The van der Waals surface area contributed by atoms with Crippen LogP contribution >= 0.6 is 0 Å². The summed E-state index contributed by atoms with van der Waals surface area (Å²) >= 11 is 0. The van der Waals surface area contributed by atoms with E-state index in [0.29, 0.717) is 12.4 Å². The largest absolute Gasteiger partial charge is 0.494 e. The number of benzene rings is 2. The highest BCUT2D eigenvalue weighted by Crippen LogP contribution is 2.19. The molecule has 0 radical (unpaired) electrons. The summed E-state index contributed by atoms with van der Waals surface area (Å²) in [4.78, 5) is 12.3. The molecule has 0 aliphatic heterocycles. The predicted molar refractivity (Wildman–Crippen MR) is 118 cm³/mol. The third-order valence-corrected chi connectivity index (χ3v) is 4.63. The van der Waals surface area contributed by atoms with E-state index in [1.807, 2.05) is 26.0 Å². The van der Waals surface area contributed by atoms with Gasteiger partial charge in [0.05, 0.1) is 12.8 Å². The molecular formula is C24H32N2O3. The van der Waals surface area contributed by atoms with Crippen LogP contribution in [-0.4, -0.2) is 24.8 Å². The second-order valence-electron chi connectivity index (χ2n) is 7.33. The molecule has 0 fully saturated rings. The van der Waals surface area contributed by atoms with Crippen molar-refractivity contribution in [3.63, 3.8) is 0 Å². The van der Waals surface area contributed by atoms with Crippen LogP contribution in [0.4, 0.5) is 0 Å². The van der Waals surface area contributed by atoms with Gasteiger partial charge in [-0.25, -0.2) is 5.43 Å². The fourth-order valence-electron chi connectivity index (χ4n) is 3.06. The first-order chi connectivity index (χ1) is 13.9. The van der Waals surface area contributed by atoms with Gasteiger partial charge in [-0.3, -0.25) is 4.79 Å². The first kappa shape index (κ1) is 22.5. The molecule has 5 heteroatoms. The summed E-state index contributed by atoms with van der Waals surface area (Å²) in [5.74, 6) is 1.12. The van der Waals surface area contributed by atoms with E-state index >= 15 is 0 Å². The summed E-state index contributed by atoms with van der Waals surface area (Å²) in [7, 11) is 0. The van der Waals surface area contributed by atoms with Gasteiger partial charge < -0.3 is 9.47 Å². The molecule has 0 spiro atoms. The third kappa shape index (κ3) is 7.26. The second-order valence-corrected chi connectivity index (χ2v) is 7.33. The number of aryl methyl sites for hydroxylation is 3. The van der Waals surface area contributed by atoms with E-state index in [0.717, 1.165) is 28.9 Å². The molecule has 2 aromatic carbocycles. The van der Waals surface area contributed by atoms with Gasteiger partial charge in [0.25, 0.3) is 5.91 Å². The van der Waals surface area contributed by atoms with E-state index in [2.05, 4.69) is 36.5 Å². The van der Waals surface area contributed by atoms with Gasteiger partial charge in [0.1, 0.15) is 11.5 Å². The minimum Gasteiger partial charge on any atom is -0.494 e. The summed E-state index contributed by atoms with van der Waals surface area (Å²) in [6, 6.07) is 11.5. The Labute approximate surface area is 174 Å². The first-order valence-corrected chi connectivity index (χ1v) is 10.2. The monoisotopic (exact) mass is 396 g/mol. The van der Waals surface area contributed by atoms with Gasteiger partial charge in [0, 0.05) is 5.56 Å². The molecule has 1 N–H and O–H groups in total. The van der Waals surface area contributed by atoms with Gasteiger partial charge >= 0.3 is 0 Å². The summed E-state index contributed by atoms with van der Waals surface area (Å²) < 4.78 is 11.4. The molecule has 1 unspecified atom stereocenters. The zero-order valence-corrected chi connectivity index (χ0v) is 18.1. The predicted octanol–water partition coefficient (Wildman–Crippen LogP) is 5.10. The fourth-order valence-corrected chi connectivity index (χ4v) is 3.06. The number of ether oxygens (including phenoxy) is 2. The number of nitrogens with one attached hydrogen (secondary N) is 1. The quantitative estimate of drug-likeness (QED) is 0.345. The number of carbonyl (C=O) groups excluding carboxylic acids is 1. The Morgan fingerprint density at radius 3 is 2.31 bits per heavy atom. The van der Waals surface area contributed by atoms with Crippen molar-refractivity contribution in [2.75, 3.05) is 6.61 Å². The summed E-state index contributed by atoms with van der Waals surface area (Å²) in [5, 5.41) is 4.09. The highest BCUT2D eigenvalue weighted by Gasteiger charge is 2.14. The molecule has 29 heavy (non-hydrogen) atoms. The maximum absolute atomic E-state index is 12.3. The Morgan fingerprint density at radius 2 is 1.69 bits per heavy atom. The lowest BCUT2D eigenvalue weighted by Gasteiger charge is -2.13. The zero-order chi connectivity index (χ0) is 21.2. The van der Waals surface area contributed by atoms with Crippen LogP contribution in [0.5, 0.6) is 11.5 Å². The van der Waals surface area contributed by atoms with Crippen molar-refractivity contribution >= 4 is 12.1 Å². The van der Waals surface area contributed by atoms with Crippen molar-refractivity contribution in [1.29, 1.82) is 0 Å². The van der Waals surface area contributed by atoms with Gasteiger partial charge in [-0.1, -0.05) is 37.5 Å². The first-order valence-electron chi connectivity index (χ1n) is 10.2. The molecule has 1 amide bonds. The van der Waals surface area contributed by atoms with Crippen LogP contribution in [0.1, 0.15) is 55.4 Å². The smallest absolute Gasteiger partial charge is 0.280 e. The van der Waals surface area contributed by atoms with E-state index in [1.165, 1.54) is 18.4 Å². The summed E-state index contributed by atoms with van der Waals surface area (Å²) in [6.45, 7) is 10.7. The Balaban J connectivity index is 1.84. The molecule has 0 aliphatic carbocycles. The Kier molecular flexibility index (Phi) is 8.71. The lowest BCUT2D eigenvalue weighted by molar-refractivity contribution is -0.127. The van der Waals surface area contributed by atoms with Crippen molar-refractivity contribution in [1.82, 2.24) is 5.43 Å². The van der Waals surface area contributed by atoms with Crippen molar-refractivity contribution in [3.8, 4) is 11.5 Å². The van der Waals surface area contributed by atoms with Crippen LogP contribution < -0.4 is 14.9 Å². The van der Waals surface area contributed by atoms with Gasteiger partial charge in [0.2, 0.25) is 0 Å². The van der Waals surface area contributed by atoms with Crippen molar-refractivity contribution in [2.24, 2.45) is 5.10 Å². The topological polar surface area (TPSA) is 59.9 Å². The highest BCUT2D eigenvalue weighted by atomic mass is 16.5. The number of carbonyl (C=O) groups is 1. The minimum absolute atomic E-state index is 0.302. The maximum atomic E-state index is 12.3. The molecule has 0 aliphatic rings.